The molecule has 0 unspecified atom stereocenters. The molecule has 0 radical (unpaired) electrons. The van der Waals surface area contributed by atoms with Crippen molar-refractivity contribution in [2.75, 3.05) is 19.0 Å². The van der Waals surface area contributed by atoms with E-state index in [4.69, 9.17) is 4.74 Å². The summed E-state index contributed by atoms with van der Waals surface area (Å²) in [5, 5.41) is 0. The highest BCUT2D eigenvalue weighted by Crippen LogP contribution is 2.32. The molecule has 1 heterocycles. The molecule has 0 aliphatic carbocycles. The predicted molar refractivity (Wildman–Crippen MR) is 80.1 cm³/mol. The molecule has 0 N–H and O–H groups in total. The molecule has 1 aliphatic rings. The Balaban J connectivity index is 1.90. The van der Waals surface area contributed by atoms with Gasteiger partial charge in [0.1, 0.15) is 11.6 Å². The fourth-order valence-corrected chi connectivity index (χ4v) is 2.18. The van der Waals surface area contributed by atoms with Crippen LogP contribution < -0.4 is 9.64 Å². The number of carbonyl (C=O) groups excluding carboxylic acids is 1. The molecule has 0 amide bonds. The molecule has 21 heavy (non-hydrogen) atoms. The molecule has 2 aromatic rings. The summed E-state index contributed by atoms with van der Waals surface area (Å²) in [6, 6.07) is 11.7. The fourth-order valence-electron chi connectivity index (χ4n) is 2.18. The highest BCUT2D eigenvalue weighted by molar-refractivity contribution is 6.14. The van der Waals surface area contributed by atoms with Gasteiger partial charge in [0.15, 0.2) is 5.76 Å². The van der Waals surface area contributed by atoms with Crippen molar-refractivity contribution in [3.8, 4) is 5.75 Å². The third-order valence-corrected chi connectivity index (χ3v) is 3.34. The van der Waals surface area contributed by atoms with Gasteiger partial charge in [0.25, 0.3) is 0 Å². The zero-order valence-electron chi connectivity index (χ0n) is 11.8. The average molecular weight is 283 g/mol. The van der Waals surface area contributed by atoms with Crippen LogP contribution in [0.3, 0.4) is 0 Å². The quantitative estimate of drug-likeness (QED) is 0.790. The van der Waals surface area contributed by atoms with E-state index in [9.17, 15) is 9.18 Å². The minimum absolute atomic E-state index is 0.216. The number of carbonyl (C=O) groups is 1. The van der Waals surface area contributed by atoms with Crippen molar-refractivity contribution in [2.24, 2.45) is 0 Å². The maximum Gasteiger partial charge on any atom is 0.232 e. The zero-order chi connectivity index (χ0) is 15.0. The number of ketones is 1. The first-order valence-corrected chi connectivity index (χ1v) is 6.56. The van der Waals surface area contributed by atoms with E-state index in [1.54, 1.807) is 6.08 Å². The topological polar surface area (TPSA) is 29.5 Å². The maximum atomic E-state index is 13.2. The molecule has 4 heteroatoms. The molecule has 0 saturated carbocycles. The van der Waals surface area contributed by atoms with Crippen LogP contribution in [0.25, 0.3) is 6.08 Å². The molecule has 3 rings (SSSR count). The van der Waals surface area contributed by atoms with Gasteiger partial charge in [0.05, 0.1) is 5.56 Å². The summed E-state index contributed by atoms with van der Waals surface area (Å²) in [4.78, 5) is 14.2. The number of ether oxygens (including phenoxy) is 1. The Bertz CT molecular complexity index is 733. The molecule has 0 aromatic heterocycles. The molecular formula is C17H14FNO2. The molecular weight excluding hydrogens is 269 g/mol. The van der Waals surface area contributed by atoms with Gasteiger partial charge in [0, 0.05) is 19.8 Å². The zero-order valence-corrected chi connectivity index (χ0v) is 11.8. The van der Waals surface area contributed by atoms with Crippen molar-refractivity contribution in [3.05, 3.63) is 65.2 Å². The minimum atomic E-state index is -0.442. The van der Waals surface area contributed by atoms with Crippen LogP contribution in [-0.4, -0.2) is 19.9 Å². The van der Waals surface area contributed by atoms with Gasteiger partial charge in [-0.3, -0.25) is 4.79 Å². The molecule has 0 fully saturated rings. The van der Waals surface area contributed by atoms with Crippen LogP contribution in [0.4, 0.5) is 10.1 Å². The lowest BCUT2D eigenvalue weighted by Crippen LogP contribution is -2.08. The van der Waals surface area contributed by atoms with Crippen LogP contribution in [-0.2, 0) is 0 Å². The Labute approximate surface area is 122 Å². The van der Waals surface area contributed by atoms with Crippen molar-refractivity contribution >= 4 is 17.5 Å². The summed E-state index contributed by atoms with van der Waals surface area (Å²) in [7, 11) is 3.92. The summed E-state index contributed by atoms with van der Waals surface area (Å²) >= 11 is 0. The molecule has 0 bridgehead atoms. The summed E-state index contributed by atoms with van der Waals surface area (Å²) in [5.74, 6) is -0.116. The summed E-state index contributed by atoms with van der Waals surface area (Å²) in [5.41, 5.74) is 2.20. The van der Waals surface area contributed by atoms with E-state index in [0.29, 0.717) is 5.75 Å². The Morgan fingerprint density at radius 1 is 1.10 bits per heavy atom. The number of Topliss-reactive ketones (excluding diaryl/α,β-unsaturated/α-hetero) is 1. The van der Waals surface area contributed by atoms with Crippen LogP contribution >= 0.6 is 0 Å². The number of hydrogen-bond donors (Lipinski definition) is 0. The van der Waals surface area contributed by atoms with Crippen molar-refractivity contribution in [3.63, 3.8) is 0 Å². The van der Waals surface area contributed by atoms with Gasteiger partial charge < -0.3 is 9.64 Å². The molecule has 3 nitrogen and oxygen atoms in total. The lowest BCUT2D eigenvalue weighted by atomic mass is 10.1. The predicted octanol–water partition coefficient (Wildman–Crippen LogP) is 3.51. The maximum absolute atomic E-state index is 13.2. The number of fused-ring (bicyclic) bond motifs is 1. The highest BCUT2D eigenvalue weighted by Gasteiger charge is 2.27. The van der Waals surface area contributed by atoms with Gasteiger partial charge in [-0.05, 0) is 42.0 Å². The first-order valence-electron chi connectivity index (χ1n) is 6.56. The standard InChI is InChI=1S/C17H14FNO2/c1-19(2)13-6-3-11(4-7-13)9-16-17(20)14-10-12(18)5-8-15(14)21-16/h3-10H,1-2H3/b16-9-. The number of anilines is 1. The third kappa shape index (κ3) is 2.52. The average Bonchev–Trinajstić information content (AvgIpc) is 2.76. The number of allylic oxidation sites excluding steroid dienone is 1. The Hall–Kier alpha value is -2.62. The Kier molecular flexibility index (Phi) is 3.22. The van der Waals surface area contributed by atoms with Gasteiger partial charge >= 0.3 is 0 Å². The minimum Gasteiger partial charge on any atom is -0.452 e. The summed E-state index contributed by atoms with van der Waals surface area (Å²) in [6.45, 7) is 0. The first kappa shape index (κ1) is 13.4. The number of halogens is 1. The van der Waals surface area contributed by atoms with Crippen LogP contribution in [0.15, 0.2) is 48.2 Å². The molecule has 0 atom stereocenters. The van der Waals surface area contributed by atoms with E-state index in [2.05, 4.69) is 0 Å². The van der Waals surface area contributed by atoms with Gasteiger partial charge in [-0.15, -0.1) is 0 Å². The lowest BCUT2D eigenvalue weighted by molar-refractivity contribution is 0.101. The Morgan fingerprint density at radius 2 is 1.81 bits per heavy atom. The molecule has 0 saturated heterocycles. The monoisotopic (exact) mass is 283 g/mol. The number of benzene rings is 2. The van der Waals surface area contributed by atoms with Gasteiger partial charge in [-0.25, -0.2) is 4.39 Å². The van der Waals surface area contributed by atoms with Crippen LogP contribution in [0, 0.1) is 5.82 Å². The van der Waals surface area contributed by atoms with Crippen LogP contribution in [0.1, 0.15) is 15.9 Å². The SMILES string of the molecule is CN(C)c1ccc(/C=C2\Oc3ccc(F)cc3C2=O)cc1. The molecule has 106 valence electrons. The normalized spacial score (nSPS) is 15.0. The van der Waals surface area contributed by atoms with Crippen molar-refractivity contribution in [2.45, 2.75) is 0 Å². The van der Waals surface area contributed by atoms with Gasteiger partial charge in [-0.2, -0.15) is 0 Å². The number of nitrogens with zero attached hydrogens (tertiary/aromatic N) is 1. The number of rotatable bonds is 2. The van der Waals surface area contributed by atoms with E-state index >= 15 is 0 Å². The van der Waals surface area contributed by atoms with Crippen molar-refractivity contribution in [1.29, 1.82) is 0 Å². The first-order chi connectivity index (χ1) is 10.0. The van der Waals surface area contributed by atoms with Crippen LogP contribution in [0.2, 0.25) is 0 Å². The van der Waals surface area contributed by atoms with E-state index in [0.717, 1.165) is 11.3 Å². The molecule has 1 aliphatic heterocycles. The highest BCUT2D eigenvalue weighted by atomic mass is 19.1. The second-order valence-electron chi connectivity index (χ2n) is 5.07. The van der Waals surface area contributed by atoms with E-state index in [1.807, 2.05) is 43.3 Å². The number of hydrogen-bond acceptors (Lipinski definition) is 3. The smallest absolute Gasteiger partial charge is 0.232 e. The second-order valence-corrected chi connectivity index (χ2v) is 5.07. The fraction of sp³-hybridized carbons (Fsp3) is 0.118. The van der Waals surface area contributed by atoms with Gasteiger partial charge in [-0.1, -0.05) is 12.1 Å². The largest absolute Gasteiger partial charge is 0.452 e. The van der Waals surface area contributed by atoms with E-state index < -0.39 is 5.82 Å². The second kappa shape index (κ2) is 5.05. The summed E-state index contributed by atoms with van der Waals surface area (Å²) in [6.07, 6.45) is 1.67. The van der Waals surface area contributed by atoms with Crippen LogP contribution in [0.5, 0.6) is 5.75 Å². The van der Waals surface area contributed by atoms with Crippen molar-refractivity contribution < 1.29 is 13.9 Å². The molecule has 2 aromatic carbocycles. The van der Waals surface area contributed by atoms with E-state index in [1.165, 1.54) is 18.2 Å². The van der Waals surface area contributed by atoms with E-state index in [-0.39, 0.29) is 17.1 Å². The third-order valence-electron chi connectivity index (χ3n) is 3.34. The van der Waals surface area contributed by atoms with Crippen molar-refractivity contribution in [1.82, 2.24) is 0 Å². The Morgan fingerprint density at radius 3 is 2.48 bits per heavy atom. The molecule has 0 spiro atoms. The van der Waals surface area contributed by atoms with Gasteiger partial charge in [0.2, 0.25) is 5.78 Å². The summed E-state index contributed by atoms with van der Waals surface area (Å²) < 4.78 is 18.7. The lowest BCUT2D eigenvalue weighted by Gasteiger charge is -2.11.